The molecule has 1 amide bonds. The number of carbonyl (C=O) groups excluding carboxylic acids is 1. The maximum absolute atomic E-state index is 12.7. The number of sulfonamides is 1. The van der Waals surface area contributed by atoms with Crippen molar-refractivity contribution in [3.05, 3.63) is 54.6 Å². The van der Waals surface area contributed by atoms with E-state index in [2.05, 4.69) is 15.4 Å². The van der Waals surface area contributed by atoms with Crippen LogP contribution in [0.5, 0.6) is 11.5 Å². The lowest BCUT2D eigenvalue weighted by Crippen LogP contribution is -2.47. The maximum atomic E-state index is 12.7. The first-order valence-electron chi connectivity index (χ1n) is 10.1. The zero-order valence-electron chi connectivity index (χ0n) is 18.0. The van der Waals surface area contributed by atoms with Gasteiger partial charge in [0.2, 0.25) is 10.0 Å². The molecule has 0 spiro atoms. The summed E-state index contributed by atoms with van der Waals surface area (Å²) in [7, 11) is -1.67. The van der Waals surface area contributed by atoms with Gasteiger partial charge in [0.1, 0.15) is 17.5 Å². The average molecular weight is 445 g/mol. The molecule has 166 valence electrons. The van der Waals surface area contributed by atoms with Crippen molar-refractivity contribution in [3.8, 4) is 11.5 Å². The molecule has 1 aliphatic rings. The highest BCUT2D eigenvalue weighted by Gasteiger charge is 2.29. The number of anilines is 1. The van der Waals surface area contributed by atoms with Crippen LogP contribution >= 0.6 is 0 Å². The Hall–Kier alpha value is -2.91. The van der Waals surface area contributed by atoms with Crippen molar-refractivity contribution in [3.63, 3.8) is 0 Å². The molecule has 0 unspecified atom stereocenters. The second-order valence-electron chi connectivity index (χ2n) is 7.60. The van der Waals surface area contributed by atoms with Crippen molar-refractivity contribution in [2.45, 2.75) is 25.8 Å². The van der Waals surface area contributed by atoms with Crippen LogP contribution in [0.15, 0.2) is 59.7 Å². The molecular formula is C22H28N4O4S. The van der Waals surface area contributed by atoms with E-state index in [0.29, 0.717) is 17.2 Å². The highest BCUT2D eigenvalue weighted by Crippen LogP contribution is 2.26. The minimum Gasteiger partial charge on any atom is -0.457 e. The molecule has 1 aliphatic heterocycles. The van der Waals surface area contributed by atoms with E-state index >= 15 is 0 Å². The number of amides is 1. The number of hydrogen-bond acceptors (Lipinski definition) is 6. The predicted octanol–water partition coefficient (Wildman–Crippen LogP) is 2.83. The van der Waals surface area contributed by atoms with Gasteiger partial charge in [-0.1, -0.05) is 18.2 Å². The third-order valence-electron chi connectivity index (χ3n) is 5.05. The van der Waals surface area contributed by atoms with Gasteiger partial charge >= 0.3 is 0 Å². The fraction of sp³-hybridized carbons (Fsp3) is 0.364. The molecule has 3 rings (SSSR count). The molecule has 0 aliphatic carbocycles. The summed E-state index contributed by atoms with van der Waals surface area (Å²) in [5.74, 6) is 0.756. The third-order valence-corrected chi connectivity index (χ3v) is 6.29. The summed E-state index contributed by atoms with van der Waals surface area (Å²) in [6.07, 6.45) is 2.64. The Labute approximate surface area is 183 Å². The number of nitrogens with one attached hydrogen (secondary N) is 1. The quantitative estimate of drug-likeness (QED) is 0.663. The smallest absolute Gasteiger partial charge is 0.263 e. The zero-order valence-corrected chi connectivity index (χ0v) is 18.8. The topological polar surface area (TPSA) is 91.3 Å². The number of rotatable bonds is 7. The van der Waals surface area contributed by atoms with Crippen molar-refractivity contribution in [1.82, 2.24) is 10.3 Å². The summed E-state index contributed by atoms with van der Waals surface area (Å²) in [5, 5.41) is 4.21. The van der Waals surface area contributed by atoms with Crippen LogP contribution in [-0.4, -0.2) is 57.4 Å². The minimum atomic E-state index is -3.71. The molecule has 2 aromatic carbocycles. The van der Waals surface area contributed by atoms with Gasteiger partial charge in [0.05, 0.1) is 11.9 Å². The highest BCUT2D eigenvalue weighted by molar-refractivity contribution is 7.92. The van der Waals surface area contributed by atoms with Crippen LogP contribution < -0.4 is 14.5 Å². The minimum absolute atomic E-state index is 0.373. The molecule has 31 heavy (non-hydrogen) atoms. The summed E-state index contributed by atoms with van der Waals surface area (Å²) in [6, 6.07) is 14.9. The Balaban J connectivity index is 1.72. The Morgan fingerprint density at radius 1 is 1.06 bits per heavy atom. The van der Waals surface area contributed by atoms with Gasteiger partial charge in [-0.05, 0) is 50.4 Å². The molecule has 8 nitrogen and oxygen atoms in total. The van der Waals surface area contributed by atoms with Gasteiger partial charge in [-0.15, -0.1) is 0 Å². The summed E-state index contributed by atoms with van der Waals surface area (Å²) in [6.45, 7) is 3.31. The Kier molecular flexibility index (Phi) is 7.29. The van der Waals surface area contributed by atoms with E-state index in [1.54, 1.807) is 31.2 Å². The molecule has 9 heteroatoms. The summed E-state index contributed by atoms with van der Waals surface area (Å²) in [4.78, 5) is 14.9. The third kappa shape index (κ3) is 6.28. The van der Waals surface area contributed by atoms with Crippen LogP contribution in [0.4, 0.5) is 5.69 Å². The van der Waals surface area contributed by atoms with Crippen molar-refractivity contribution in [1.29, 1.82) is 0 Å². The Bertz CT molecular complexity index is 1010. The van der Waals surface area contributed by atoms with Crippen LogP contribution in [0.2, 0.25) is 0 Å². The van der Waals surface area contributed by atoms with Crippen LogP contribution in [-0.2, 0) is 14.8 Å². The van der Waals surface area contributed by atoms with E-state index < -0.39 is 22.0 Å². The average Bonchev–Trinajstić information content (AvgIpc) is 2.74. The number of para-hydroxylation sites is 1. The van der Waals surface area contributed by atoms with E-state index in [4.69, 9.17) is 4.74 Å². The number of carbonyl (C=O) groups is 1. The fourth-order valence-corrected chi connectivity index (χ4v) is 4.49. The van der Waals surface area contributed by atoms with Crippen LogP contribution in [0, 0.1) is 0 Å². The number of hydrogen-bond donors (Lipinski definition) is 1. The van der Waals surface area contributed by atoms with Gasteiger partial charge in [-0.3, -0.25) is 9.10 Å². The zero-order chi connectivity index (χ0) is 22.4. The van der Waals surface area contributed by atoms with Gasteiger partial charge in [0.25, 0.3) is 5.91 Å². The van der Waals surface area contributed by atoms with Crippen molar-refractivity contribution >= 4 is 27.3 Å². The van der Waals surface area contributed by atoms with E-state index in [1.165, 1.54) is 0 Å². The predicted molar refractivity (Wildman–Crippen MR) is 122 cm³/mol. The Morgan fingerprint density at radius 3 is 2.23 bits per heavy atom. The molecule has 1 N–H and O–H groups in total. The molecule has 2 aromatic rings. The lowest BCUT2D eigenvalue weighted by Gasteiger charge is -2.28. The van der Waals surface area contributed by atoms with Crippen molar-refractivity contribution in [2.24, 2.45) is 5.10 Å². The molecule has 0 aromatic heterocycles. The van der Waals surface area contributed by atoms with Gasteiger partial charge in [0, 0.05) is 31.6 Å². The molecule has 1 saturated heterocycles. The number of likely N-dealkylation sites (tertiary alicyclic amines) is 1. The highest BCUT2D eigenvalue weighted by atomic mass is 32.2. The monoisotopic (exact) mass is 444 g/mol. The van der Waals surface area contributed by atoms with Crippen LogP contribution in [0.25, 0.3) is 0 Å². The van der Waals surface area contributed by atoms with Gasteiger partial charge in [0.15, 0.2) is 0 Å². The van der Waals surface area contributed by atoms with E-state index in [-0.39, 0.29) is 0 Å². The standard InChI is InChI=1S/C22H28N4O4S/c1-17(22(27)24-23-18-13-15-25(2)16-14-18)26(31(3,28)29)19-9-11-21(12-10-19)30-20-7-5-4-6-8-20/h4-12,17H,13-16H2,1-3H3,(H,24,27)/t17-/m0/s1. The second-order valence-corrected chi connectivity index (χ2v) is 9.46. The first-order chi connectivity index (χ1) is 14.7. The largest absolute Gasteiger partial charge is 0.457 e. The van der Waals surface area contributed by atoms with Crippen molar-refractivity contribution < 1.29 is 17.9 Å². The first-order valence-corrected chi connectivity index (χ1v) is 11.9. The van der Waals surface area contributed by atoms with E-state index in [1.807, 2.05) is 37.4 Å². The van der Waals surface area contributed by atoms with Crippen LogP contribution in [0.1, 0.15) is 19.8 Å². The molecule has 1 fully saturated rings. The fourth-order valence-electron chi connectivity index (χ4n) is 3.31. The molecule has 0 radical (unpaired) electrons. The number of ether oxygens (including phenoxy) is 1. The van der Waals surface area contributed by atoms with Crippen molar-refractivity contribution in [2.75, 3.05) is 30.7 Å². The first kappa shape index (κ1) is 22.8. The Morgan fingerprint density at radius 2 is 1.65 bits per heavy atom. The molecule has 0 saturated carbocycles. The maximum Gasteiger partial charge on any atom is 0.263 e. The number of nitrogens with zero attached hydrogens (tertiary/aromatic N) is 3. The lowest BCUT2D eigenvalue weighted by molar-refractivity contribution is -0.121. The molecular weight excluding hydrogens is 416 g/mol. The summed E-state index contributed by atoms with van der Waals surface area (Å²) < 4.78 is 31.8. The molecule has 1 heterocycles. The SMILES string of the molecule is C[C@@H](C(=O)NN=C1CCN(C)CC1)N(c1ccc(Oc2ccccc2)cc1)S(C)(=O)=O. The van der Waals surface area contributed by atoms with E-state index in [0.717, 1.165) is 42.2 Å². The van der Waals surface area contributed by atoms with Gasteiger partial charge < -0.3 is 9.64 Å². The lowest BCUT2D eigenvalue weighted by atomic mass is 10.1. The number of hydrazone groups is 1. The van der Waals surface area contributed by atoms with Crippen LogP contribution in [0.3, 0.4) is 0 Å². The summed E-state index contributed by atoms with van der Waals surface area (Å²) >= 11 is 0. The second kappa shape index (κ2) is 9.93. The molecule has 1 atom stereocenters. The van der Waals surface area contributed by atoms with E-state index in [9.17, 15) is 13.2 Å². The van der Waals surface area contributed by atoms with Gasteiger partial charge in [-0.25, -0.2) is 13.8 Å². The molecule has 0 bridgehead atoms. The number of piperidine rings is 1. The normalized spacial score (nSPS) is 15.8. The number of benzene rings is 2. The summed E-state index contributed by atoms with van der Waals surface area (Å²) in [5.41, 5.74) is 3.81. The van der Waals surface area contributed by atoms with Gasteiger partial charge in [-0.2, -0.15) is 5.10 Å².